The van der Waals surface area contributed by atoms with Gasteiger partial charge in [-0.1, -0.05) is 35.5 Å². The van der Waals surface area contributed by atoms with E-state index in [1.54, 1.807) is 16.9 Å². The van der Waals surface area contributed by atoms with E-state index in [2.05, 4.69) is 32.7 Å². The summed E-state index contributed by atoms with van der Waals surface area (Å²) < 4.78 is 1.68. The smallest absolute Gasteiger partial charge is 0.177 e. The minimum atomic E-state index is 0.739. The highest BCUT2D eigenvalue weighted by molar-refractivity contribution is 5.45. The average molecular weight is 225 g/mol. The lowest BCUT2D eigenvalue weighted by molar-refractivity contribution is 0.844. The number of nitrogens with one attached hydrogen (secondary N) is 1. The molecule has 5 nitrogen and oxygen atoms in total. The third-order valence-electron chi connectivity index (χ3n) is 2.52. The zero-order chi connectivity index (χ0) is 11.5. The zero-order valence-electron chi connectivity index (χ0n) is 9.11. The van der Waals surface area contributed by atoms with Crippen LogP contribution in [0.5, 0.6) is 0 Å². The maximum atomic E-state index is 4.15. The molecule has 0 fully saturated rings. The van der Waals surface area contributed by atoms with Gasteiger partial charge in [0, 0.05) is 12.7 Å². The third kappa shape index (κ3) is 1.94. The van der Waals surface area contributed by atoms with Crippen LogP contribution in [-0.4, -0.2) is 19.8 Å². The van der Waals surface area contributed by atoms with Crippen molar-refractivity contribution in [2.75, 3.05) is 5.32 Å². The van der Waals surface area contributed by atoms with Crippen LogP contribution in [0.15, 0.2) is 48.8 Å². The van der Waals surface area contributed by atoms with E-state index in [-0.39, 0.29) is 0 Å². The number of benzene rings is 1. The largest absolute Gasteiger partial charge is 0.366 e. The standard InChI is InChI=1S/C12H11N5/c1-2-4-10(5-3-1)8-14-11-6-7-13-12-9-15-16-17(11)12/h1-7,9,14H,8H2. The first-order valence-electron chi connectivity index (χ1n) is 5.37. The van der Waals surface area contributed by atoms with Gasteiger partial charge >= 0.3 is 0 Å². The average Bonchev–Trinajstić information content (AvgIpc) is 2.86. The maximum absolute atomic E-state index is 4.15. The second kappa shape index (κ2) is 4.21. The molecule has 5 heteroatoms. The number of nitrogens with zero attached hydrogens (tertiary/aromatic N) is 4. The van der Waals surface area contributed by atoms with Crippen LogP contribution in [-0.2, 0) is 6.54 Å². The van der Waals surface area contributed by atoms with Crippen molar-refractivity contribution in [3.63, 3.8) is 0 Å². The molecule has 0 aliphatic heterocycles. The Kier molecular flexibility index (Phi) is 2.42. The molecule has 2 heterocycles. The molecule has 0 spiro atoms. The van der Waals surface area contributed by atoms with Crippen LogP contribution in [0.2, 0.25) is 0 Å². The Morgan fingerprint density at radius 3 is 2.88 bits per heavy atom. The molecule has 1 N–H and O–H groups in total. The van der Waals surface area contributed by atoms with Crippen molar-refractivity contribution in [2.45, 2.75) is 6.54 Å². The fraction of sp³-hybridized carbons (Fsp3) is 0.0833. The topological polar surface area (TPSA) is 55.1 Å². The lowest BCUT2D eigenvalue weighted by Gasteiger charge is -2.07. The third-order valence-corrected chi connectivity index (χ3v) is 2.52. The van der Waals surface area contributed by atoms with Gasteiger partial charge in [-0.15, -0.1) is 5.10 Å². The molecule has 0 unspecified atom stereocenters. The fourth-order valence-electron chi connectivity index (χ4n) is 1.67. The second-order valence-corrected chi connectivity index (χ2v) is 3.67. The van der Waals surface area contributed by atoms with Gasteiger partial charge in [0.1, 0.15) is 5.82 Å². The lowest BCUT2D eigenvalue weighted by Crippen LogP contribution is -2.05. The molecule has 3 rings (SSSR count). The van der Waals surface area contributed by atoms with E-state index in [9.17, 15) is 0 Å². The number of aromatic nitrogens is 4. The Labute approximate surface area is 98.1 Å². The summed E-state index contributed by atoms with van der Waals surface area (Å²) in [7, 11) is 0. The Hall–Kier alpha value is -2.43. The molecule has 0 aliphatic carbocycles. The van der Waals surface area contributed by atoms with Gasteiger partial charge in [-0.3, -0.25) is 0 Å². The van der Waals surface area contributed by atoms with Gasteiger partial charge in [0.05, 0.1) is 6.20 Å². The molecule has 0 saturated heterocycles. The van der Waals surface area contributed by atoms with E-state index in [4.69, 9.17) is 0 Å². The van der Waals surface area contributed by atoms with Crippen molar-refractivity contribution in [1.29, 1.82) is 0 Å². The van der Waals surface area contributed by atoms with Gasteiger partial charge in [-0.2, -0.15) is 4.52 Å². The Morgan fingerprint density at radius 1 is 1.12 bits per heavy atom. The predicted molar refractivity (Wildman–Crippen MR) is 64.6 cm³/mol. The molecule has 84 valence electrons. The molecule has 2 aromatic heterocycles. The highest BCUT2D eigenvalue weighted by atomic mass is 15.4. The van der Waals surface area contributed by atoms with E-state index in [1.165, 1.54) is 5.56 Å². The molecule has 0 radical (unpaired) electrons. The van der Waals surface area contributed by atoms with E-state index in [0.717, 1.165) is 18.0 Å². The summed E-state index contributed by atoms with van der Waals surface area (Å²) in [5, 5.41) is 11.1. The van der Waals surface area contributed by atoms with Crippen LogP contribution in [0.4, 0.5) is 5.82 Å². The number of hydrogen-bond acceptors (Lipinski definition) is 4. The molecule has 0 aliphatic rings. The summed E-state index contributed by atoms with van der Waals surface area (Å²) in [6, 6.07) is 12.1. The highest BCUT2D eigenvalue weighted by Gasteiger charge is 2.01. The molecule has 0 amide bonds. The molecule has 0 saturated carbocycles. The summed E-state index contributed by atoms with van der Waals surface area (Å²) in [4.78, 5) is 4.15. The van der Waals surface area contributed by atoms with Gasteiger partial charge in [0.25, 0.3) is 0 Å². The van der Waals surface area contributed by atoms with Gasteiger partial charge in [0.2, 0.25) is 0 Å². The fourth-order valence-corrected chi connectivity index (χ4v) is 1.67. The zero-order valence-corrected chi connectivity index (χ0v) is 9.11. The normalized spacial score (nSPS) is 10.6. The molecule has 3 aromatic rings. The first kappa shape index (κ1) is 9.77. The quantitative estimate of drug-likeness (QED) is 0.737. The van der Waals surface area contributed by atoms with Crippen LogP contribution in [0, 0.1) is 0 Å². The Bertz CT molecular complexity index is 617. The van der Waals surface area contributed by atoms with Crippen molar-refractivity contribution < 1.29 is 0 Å². The van der Waals surface area contributed by atoms with Crippen molar-refractivity contribution in [3.05, 3.63) is 54.4 Å². The van der Waals surface area contributed by atoms with E-state index >= 15 is 0 Å². The van der Waals surface area contributed by atoms with Crippen molar-refractivity contribution >= 4 is 11.5 Å². The van der Waals surface area contributed by atoms with Gasteiger partial charge in [-0.05, 0) is 11.6 Å². The minimum Gasteiger partial charge on any atom is -0.366 e. The summed E-state index contributed by atoms with van der Waals surface area (Å²) in [6.45, 7) is 0.750. The van der Waals surface area contributed by atoms with E-state index in [1.807, 2.05) is 24.3 Å². The summed E-state index contributed by atoms with van der Waals surface area (Å²) in [5.74, 6) is 0.886. The summed E-state index contributed by atoms with van der Waals surface area (Å²) >= 11 is 0. The molecule has 17 heavy (non-hydrogen) atoms. The SMILES string of the molecule is c1ccc(CNc2ccnc3cnnn23)cc1. The van der Waals surface area contributed by atoms with E-state index in [0.29, 0.717) is 0 Å². The monoisotopic (exact) mass is 225 g/mol. The highest BCUT2D eigenvalue weighted by Crippen LogP contribution is 2.09. The van der Waals surface area contributed by atoms with Crippen LogP contribution in [0.1, 0.15) is 5.56 Å². The van der Waals surface area contributed by atoms with Crippen LogP contribution >= 0.6 is 0 Å². The number of anilines is 1. The van der Waals surface area contributed by atoms with Gasteiger partial charge < -0.3 is 5.32 Å². The molecular formula is C12H11N5. The predicted octanol–water partition coefficient (Wildman–Crippen LogP) is 1.74. The van der Waals surface area contributed by atoms with Crippen LogP contribution in [0.25, 0.3) is 5.65 Å². The number of hydrogen-bond donors (Lipinski definition) is 1. The van der Waals surface area contributed by atoms with Crippen LogP contribution in [0.3, 0.4) is 0 Å². The Balaban J connectivity index is 1.84. The Morgan fingerprint density at radius 2 is 2.00 bits per heavy atom. The first-order chi connectivity index (χ1) is 8.43. The second-order valence-electron chi connectivity index (χ2n) is 3.67. The molecule has 0 atom stereocenters. The lowest BCUT2D eigenvalue weighted by atomic mass is 10.2. The van der Waals surface area contributed by atoms with Crippen molar-refractivity contribution in [2.24, 2.45) is 0 Å². The summed E-state index contributed by atoms with van der Waals surface area (Å²) in [5.41, 5.74) is 1.96. The minimum absolute atomic E-state index is 0.739. The van der Waals surface area contributed by atoms with E-state index < -0.39 is 0 Å². The molecule has 0 bridgehead atoms. The molecular weight excluding hydrogens is 214 g/mol. The first-order valence-corrected chi connectivity index (χ1v) is 5.37. The van der Waals surface area contributed by atoms with Crippen LogP contribution < -0.4 is 5.32 Å². The summed E-state index contributed by atoms with van der Waals surface area (Å²) in [6.07, 6.45) is 3.37. The maximum Gasteiger partial charge on any atom is 0.177 e. The van der Waals surface area contributed by atoms with Crippen molar-refractivity contribution in [1.82, 2.24) is 19.8 Å². The number of fused-ring (bicyclic) bond motifs is 1. The molecule has 1 aromatic carbocycles. The van der Waals surface area contributed by atoms with Crippen molar-refractivity contribution in [3.8, 4) is 0 Å². The van der Waals surface area contributed by atoms with Gasteiger partial charge in [-0.25, -0.2) is 4.98 Å². The van der Waals surface area contributed by atoms with Gasteiger partial charge in [0.15, 0.2) is 5.65 Å². The number of rotatable bonds is 3.